The molecule has 36 heavy (non-hydrogen) atoms. The summed E-state index contributed by atoms with van der Waals surface area (Å²) in [5, 5.41) is 2.05. The standard InChI is InChI=1S/C29H34FN3O2S/c1-23-13-18-36-27(23)21-33(20-25-7-3-2-4-8-25)29(35)22-32(17-16-31-14-5-6-15-31)28(34)19-24-9-11-26(30)12-10-24/h2-4,7-13,18H,5-6,14-17,19-22H2,1H3. The van der Waals surface area contributed by atoms with Gasteiger partial charge >= 0.3 is 0 Å². The average molecular weight is 508 g/mol. The maximum absolute atomic E-state index is 13.7. The smallest absolute Gasteiger partial charge is 0.242 e. The van der Waals surface area contributed by atoms with E-state index in [4.69, 9.17) is 0 Å². The number of aryl methyl sites for hydroxylation is 1. The van der Waals surface area contributed by atoms with Crippen LogP contribution in [0.5, 0.6) is 0 Å². The van der Waals surface area contributed by atoms with E-state index in [1.165, 1.54) is 30.5 Å². The zero-order valence-electron chi connectivity index (χ0n) is 20.9. The molecule has 0 spiro atoms. The van der Waals surface area contributed by atoms with Crippen LogP contribution >= 0.6 is 11.3 Å². The van der Waals surface area contributed by atoms with E-state index in [2.05, 4.69) is 17.9 Å². The number of halogens is 1. The molecular formula is C29H34FN3O2S. The maximum atomic E-state index is 13.7. The Morgan fingerprint density at radius 1 is 0.889 bits per heavy atom. The quantitative estimate of drug-likeness (QED) is 0.371. The van der Waals surface area contributed by atoms with Crippen molar-refractivity contribution in [1.82, 2.24) is 14.7 Å². The third-order valence-electron chi connectivity index (χ3n) is 6.70. The molecule has 1 fully saturated rings. The Morgan fingerprint density at radius 2 is 1.61 bits per heavy atom. The molecule has 1 aliphatic heterocycles. The summed E-state index contributed by atoms with van der Waals surface area (Å²) in [6, 6.07) is 18.0. The van der Waals surface area contributed by atoms with Crippen molar-refractivity contribution in [2.45, 2.75) is 39.3 Å². The van der Waals surface area contributed by atoms with Gasteiger partial charge in [-0.1, -0.05) is 42.5 Å². The Labute approximate surface area is 217 Å². The van der Waals surface area contributed by atoms with Crippen LogP contribution in [0.3, 0.4) is 0 Å². The van der Waals surface area contributed by atoms with E-state index in [0.717, 1.165) is 35.6 Å². The second-order valence-corrected chi connectivity index (χ2v) is 10.4. The third-order valence-corrected chi connectivity index (χ3v) is 7.71. The van der Waals surface area contributed by atoms with Crippen molar-refractivity contribution in [2.75, 3.05) is 32.7 Å². The predicted octanol–water partition coefficient (Wildman–Crippen LogP) is 4.89. The summed E-state index contributed by atoms with van der Waals surface area (Å²) in [7, 11) is 0. The Bertz CT molecular complexity index is 1130. The van der Waals surface area contributed by atoms with Gasteiger partial charge in [-0.15, -0.1) is 11.3 Å². The highest BCUT2D eigenvalue weighted by atomic mass is 32.1. The molecule has 2 amide bonds. The second kappa shape index (κ2) is 12.8. The second-order valence-electron chi connectivity index (χ2n) is 9.43. The van der Waals surface area contributed by atoms with Crippen molar-refractivity contribution in [2.24, 2.45) is 0 Å². The van der Waals surface area contributed by atoms with Gasteiger partial charge in [0, 0.05) is 24.5 Å². The number of benzene rings is 2. The van der Waals surface area contributed by atoms with Gasteiger partial charge in [0.1, 0.15) is 5.82 Å². The van der Waals surface area contributed by atoms with Crippen LogP contribution in [0.4, 0.5) is 4.39 Å². The number of carbonyl (C=O) groups is 2. The number of hydrogen-bond acceptors (Lipinski definition) is 4. The van der Waals surface area contributed by atoms with Gasteiger partial charge < -0.3 is 14.7 Å². The van der Waals surface area contributed by atoms with Crippen LogP contribution in [0.15, 0.2) is 66.0 Å². The van der Waals surface area contributed by atoms with Crippen molar-refractivity contribution in [3.05, 3.63) is 93.4 Å². The summed E-state index contributed by atoms with van der Waals surface area (Å²) in [6.45, 7) is 6.43. The first kappa shape index (κ1) is 26.0. The number of carbonyl (C=O) groups excluding carboxylic acids is 2. The van der Waals surface area contributed by atoms with E-state index in [9.17, 15) is 14.0 Å². The van der Waals surface area contributed by atoms with Gasteiger partial charge in [-0.2, -0.15) is 0 Å². The van der Waals surface area contributed by atoms with Gasteiger partial charge in [0.05, 0.1) is 19.5 Å². The molecule has 4 rings (SSSR count). The summed E-state index contributed by atoms with van der Waals surface area (Å²) >= 11 is 1.65. The predicted molar refractivity (Wildman–Crippen MR) is 142 cm³/mol. The van der Waals surface area contributed by atoms with E-state index >= 15 is 0 Å². The minimum Gasteiger partial charge on any atom is -0.332 e. The fourth-order valence-electron chi connectivity index (χ4n) is 4.49. The zero-order chi connectivity index (χ0) is 25.3. The molecule has 7 heteroatoms. The Hall–Kier alpha value is -3.03. The number of amides is 2. The highest BCUT2D eigenvalue weighted by Crippen LogP contribution is 2.20. The molecule has 1 aliphatic rings. The lowest BCUT2D eigenvalue weighted by atomic mass is 10.1. The molecule has 1 aromatic heterocycles. The average Bonchev–Trinajstić information content (AvgIpc) is 3.55. The van der Waals surface area contributed by atoms with Crippen molar-refractivity contribution in [3.8, 4) is 0 Å². The summed E-state index contributed by atoms with van der Waals surface area (Å²) in [4.78, 5) is 34.0. The van der Waals surface area contributed by atoms with Crippen LogP contribution in [0.1, 0.15) is 34.4 Å². The SMILES string of the molecule is Cc1ccsc1CN(Cc1ccccc1)C(=O)CN(CCN1CCCC1)C(=O)Cc1ccc(F)cc1. The first-order chi connectivity index (χ1) is 17.5. The van der Waals surface area contributed by atoms with E-state index in [1.54, 1.807) is 28.4 Å². The van der Waals surface area contributed by atoms with Crippen molar-refractivity contribution in [1.29, 1.82) is 0 Å². The van der Waals surface area contributed by atoms with Crippen LogP contribution in [0.25, 0.3) is 0 Å². The van der Waals surface area contributed by atoms with Gasteiger partial charge in [0.25, 0.3) is 0 Å². The minimum atomic E-state index is -0.326. The van der Waals surface area contributed by atoms with Gasteiger partial charge in [0.15, 0.2) is 0 Å². The highest BCUT2D eigenvalue weighted by Gasteiger charge is 2.24. The van der Waals surface area contributed by atoms with Crippen molar-refractivity contribution in [3.63, 3.8) is 0 Å². The first-order valence-corrected chi connectivity index (χ1v) is 13.4. The Balaban J connectivity index is 1.49. The van der Waals surface area contributed by atoms with Crippen LogP contribution in [0.2, 0.25) is 0 Å². The summed E-state index contributed by atoms with van der Waals surface area (Å²) in [5.41, 5.74) is 2.97. The molecule has 0 atom stereocenters. The number of rotatable bonds is 11. The van der Waals surface area contributed by atoms with Gasteiger partial charge in [-0.3, -0.25) is 9.59 Å². The lowest BCUT2D eigenvalue weighted by Gasteiger charge is -2.29. The lowest BCUT2D eigenvalue weighted by molar-refractivity contribution is -0.141. The van der Waals surface area contributed by atoms with E-state index in [0.29, 0.717) is 19.6 Å². The monoisotopic (exact) mass is 507 g/mol. The molecule has 5 nitrogen and oxygen atoms in total. The molecular weight excluding hydrogens is 473 g/mol. The molecule has 0 saturated carbocycles. The minimum absolute atomic E-state index is 0.0329. The number of thiophene rings is 1. The van der Waals surface area contributed by atoms with E-state index in [1.807, 2.05) is 40.6 Å². The van der Waals surface area contributed by atoms with Crippen molar-refractivity contribution >= 4 is 23.2 Å². The molecule has 2 heterocycles. The molecule has 0 radical (unpaired) electrons. The van der Waals surface area contributed by atoms with Crippen molar-refractivity contribution < 1.29 is 14.0 Å². The molecule has 2 aromatic carbocycles. The summed E-state index contributed by atoms with van der Waals surface area (Å²) in [6.07, 6.45) is 2.50. The number of likely N-dealkylation sites (tertiary alicyclic amines) is 1. The van der Waals surface area contributed by atoms with Gasteiger partial charge in [-0.25, -0.2) is 4.39 Å². The fourth-order valence-corrected chi connectivity index (χ4v) is 5.41. The highest BCUT2D eigenvalue weighted by molar-refractivity contribution is 7.10. The molecule has 1 saturated heterocycles. The number of hydrogen-bond donors (Lipinski definition) is 0. The van der Waals surface area contributed by atoms with E-state index in [-0.39, 0.29) is 30.6 Å². The van der Waals surface area contributed by atoms with Gasteiger partial charge in [0.2, 0.25) is 11.8 Å². The molecule has 0 bridgehead atoms. The van der Waals surface area contributed by atoms with E-state index < -0.39 is 0 Å². The third kappa shape index (κ3) is 7.48. The summed E-state index contributed by atoms with van der Waals surface area (Å²) < 4.78 is 13.3. The molecule has 3 aromatic rings. The first-order valence-electron chi connectivity index (χ1n) is 12.6. The Morgan fingerprint density at radius 3 is 2.28 bits per heavy atom. The van der Waals surface area contributed by atoms with Crippen LogP contribution in [0, 0.1) is 12.7 Å². The normalized spacial score (nSPS) is 13.6. The maximum Gasteiger partial charge on any atom is 0.242 e. The number of nitrogens with zero attached hydrogens (tertiary/aromatic N) is 3. The summed E-state index contributed by atoms with van der Waals surface area (Å²) in [5.74, 6) is -0.505. The van der Waals surface area contributed by atoms with Crippen LogP contribution in [-0.2, 0) is 29.1 Å². The molecule has 0 unspecified atom stereocenters. The van der Waals surface area contributed by atoms with Crippen LogP contribution < -0.4 is 0 Å². The van der Waals surface area contributed by atoms with Gasteiger partial charge in [-0.05, 0) is 73.1 Å². The topological polar surface area (TPSA) is 43.9 Å². The lowest BCUT2D eigenvalue weighted by Crippen LogP contribution is -2.45. The Kier molecular flexibility index (Phi) is 9.25. The zero-order valence-corrected chi connectivity index (χ0v) is 21.7. The molecule has 0 N–H and O–H groups in total. The van der Waals surface area contributed by atoms with Crippen LogP contribution in [-0.4, -0.2) is 59.2 Å². The fraction of sp³-hybridized carbons (Fsp3) is 0.379. The largest absolute Gasteiger partial charge is 0.332 e. The molecule has 190 valence electrons. The molecule has 0 aliphatic carbocycles.